The highest BCUT2D eigenvalue weighted by atomic mass is 35.5. The molecule has 20 heavy (non-hydrogen) atoms. The van der Waals surface area contributed by atoms with Crippen LogP contribution in [0.15, 0.2) is 18.2 Å². The minimum absolute atomic E-state index is 0.199. The van der Waals surface area contributed by atoms with Crippen molar-refractivity contribution in [1.82, 2.24) is 4.90 Å². The van der Waals surface area contributed by atoms with Crippen molar-refractivity contribution in [1.29, 1.82) is 0 Å². The number of hydrogen-bond donors (Lipinski definition) is 1. The molecule has 1 aromatic carbocycles. The number of likely N-dealkylation sites (tertiary alicyclic amines) is 1. The van der Waals surface area contributed by atoms with Crippen LogP contribution in [-0.2, 0) is 4.74 Å². The number of methoxy groups -OCH3 is 1. The summed E-state index contributed by atoms with van der Waals surface area (Å²) >= 11 is 12.1. The van der Waals surface area contributed by atoms with E-state index in [1.54, 1.807) is 7.11 Å². The van der Waals surface area contributed by atoms with Crippen LogP contribution in [0.2, 0.25) is 10.0 Å². The largest absolute Gasteiger partial charge is 0.384 e. The molecule has 3 nitrogen and oxygen atoms in total. The Balaban J connectivity index is 2.12. The molecule has 0 radical (unpaired) electrons. The lowest BCUT2D eigenvalue weighted by Gasteiger charge is -2.38. The molecular formula is C15H22Cl2N2O. The molecule has 0 aliphatic carbocycles. The third kappa shape index (κ3) is 3.86. The number of halogens is 2. The maximum atomic E-state index is 6.12. The summed E-state index contributed by atoms with van der Waals surface area (Å²) in [6.45, 7) is 3.49. The second-order valence-electron chi connectivity index (χ2n) is 5.38. The minimum Gasteiger partial charge on any atom is -0.384 e. The molecule has 2 N–H and O–H groups in total. The van der Waals surface area contributed by atoms with Crippen molar-refractivity contribution in [3.8, 4) is 0 Å². The summed E-state index contributed by atoms with van der Waals surface area (Å²) in [5.74, 6) is 0.588. The quantitative estimate of drug-likeness (QED) is 0.905. The van der Waals surface area contributed by atoms with Gasteiger partial charge in [-0.3, -0.25) is 4.90 Å². The maximum Gasteiger partial charge on any atom is 0.0595 e. The summed E-state index contributed by atoms with van der Waals surface area (Å²) in [5.41, 5.74) is 7.13. The first-order valence-corrected chi connectivity index (χ1v) is 7.79. The van der Waals surface area contributed by atoms with Gasteiger partial charge in [-0.1, -0.05) is 29.3 Å². The van der Waals surface area contributed by atoms with Gasteiger partial charge in [-0.05, 0) is 43.0 Å². The standard InChI is InChI=1S/C15H22Cl2N2O/c1-20-10-11-3-2-6-19(9-11)15(8-18)12-4-5-13(16)14(17)7-12/h4-5,7,11,15H,2-3,6,8-10,18H2,1H3. The van der Waals surface area contributed by atoms with Gasteiger partial charge in [0.2, 0.25) is 0 Å². The highest BCUT2D eigenvalue weighted by Crippen LogP contribution is 2.30. The molecule has 0 amide bonds. The van der Waals surface area contributed by atoms with E-state index in [4.69, 9.17) is 33.7 Å². The Morgan fingerprint density at radius 2 is 2.20 bits per heavy atom. The van der Waals surface area contributed by atoms with Gasteiger partial charge >= 0.3 is 0 Å². The highest BCUT2D eigenvalue weighted by molar-refractivity contribution is 6.42. The highest BCUT2D eigenvalue weighted by Gasteiger charge is 2.26. The van der Waals surface area contributed by atoms with Gasteiger partial charge < -0.3 is 10.5 Å². The number of ether oxygens (including phenoxy) is 1. The Morgan fingerprint density at radius 3 is 2.85 bits per heavy atom. The normalized spacial score (nSPS) is 21.9. The molecule has 1 aromatic rings. The van der Waals surface area contributed by atoms with Crippen LogP contribution in [0.3, 0.4) is 0 Å². The number of hydrogen-bond acceptors (Lipinski definition) is 3. The third-order valence-electron chi connectivity index (χ3n) is 3.95. The molecule has 2 atom stereocenters. The second kappa shape index (κ2) is 7.62. The molecule has 2 unspecified atom stereocenters. The van der Waals surface area contributed by atoms with E-state index in [-0.39, 0.29) is 6.04 Å². The van der Waals surface area contributed by atoms with E-state index in [0.717, 1.165) is 25.3 Å². The van der Waals surface area contributed by atoms with Gasteiger partial charge in [0.1, 0.15) is 0 Å². The fourth-order valence-electron chi connectivity index (χ4n) is 2.97. The molecule has 0 spiro atoms. The summed E-state index contributed by atoms with van der Waals surface area (Å²) in [6.07, 6.45) is 2.41. The third-order valence-corrected chi connectivity index (χ3v) is 4.68. The van der Waals surface area contributed by atoms with Crippen LogP contribution in [0.1, 0.15) is 24.4 Å². The number of rotatable bonds is 5. The fraction of sp³-hybridized carbons (Fsp3) is 0.600. The fourth-order valence-corrected chi connectivity index (χ4v) is 3.27. The Morgan fingerprint density at radius 1 is 1.40 bits per heavy atom. The molecule has 5 heteroatoms. The number of benzene rings is 1. The topological polar surface area (TPSA) is 38.5 Å². The van der Waals surface area contributed by atoms with E-state index in [1.807, 2.05) is 18.2 Å². The van der Waals surface area contributed by atoms with Crippen LogP contribution in [-0.4, -0.2) is 38.3 Å². The lowest BCUT2D eigenvalue weighted by atomic mass is 9.95. The number of nitrogens with zero attached hydrogens (tertiary/aromatic N) is 1. The Hall–Kier alpha value is -0.320. The monoisotopic (exact) mass is 316 g/mol. The smallest absolute Gasteiger partial charge is 0.0595 e. The SMILES string of the molecule is COCC1CCCN(C(CN)c2ccc(Cl)c(Cl)c2)C1. The van der Waals surface area contributed by atoms with Gasteiger partial charge in [0.25, 0.3) is 0 Å². The summed E-state index contributed by atoms with van der Waals surface area (Å²) in [5, 5.41) is 1.18. The molecule has 1 heterocycles. The van der Waals surface area contributed by atoms with Gasteiger partial charge in [0.15, 0.2) is 0 Å². The van der Waals surface area contributed by atoms with E-state index in [2.05, 4.69) is 4.90 Å². The molecule has 112 valence electrons. The van der Waals surface area contributed by atoms with Crippen molar-refractivity contribution in [2.24, 2.45) is 11.7 Å². The van der Waals surface area contributed by atoms with E-state index >= 15 is 0 Å². The molecule has 0 saturated carbocycles. The predicted molar refractivity (Wildman–Crippen MR) is 84.4 cm³/mol. The zero-order valence-corrected chi connectivity index (χ0v) is 13.3. The average Bonchev–Trinajstić information content (AvgIpc) is 2.44. The average molecular weight is 317 g/mol. The van der Waals surface area contributed by atoms with Crippen molar-refractivity contribution >= 4 is 23.2 Å². The van der Waals surface area contributed by atoms with Crippen molar-refractivity contribution < 1.29 is 4.74 Å². The molecule has 0 aromatic heterocycles. The molecule has 2 rings (SSSR count). The van der Waals surface area contributed by atoms with Crippen LogP contribution in [0.4, 0.5) is 0 Å². The molecule has 1 aliphatic heterocycles. The van der Waals surface area contributed by atoms with E-state index in [0.29, 0.717) is 22.5 Å². The zero-order chi connectivity index (χ0) is 14.5. The zero-order valence-electron chi connectivity index (χ0n) is 11.8. The van der Waals surface area contributed by atoms with Crippen molar-refractivity contribution in [3.63, 3.8) is 0 Å². The summed E-state index contributed by atoms with van der Waals surface area (Å²) in [7, 11) is 1.76. The summed E-state index contributed by atoms with van der Waals surface area (Å²) < 4.78 is 5.29. The Kier molecular flexibility index (Phi) is 6.12. The molecule has 0 bridgehead atoms. The van der Waals surface area contributed by atoms with E-state index < -0.39 is 0 Å². The van der Waals surface area contributed by atoms with Crippen molar-refractivity contribution in [2.45, 2.75) is 18.9 Å². The van der Waals surface area contributed by atoms with Crippen LogP contribution >= 0.6 is 23.2 Å². The molecule has 1 aliphatic rings. The first-order chi connectivity index (χ1) is 9.65. The van der Waals surface area contributed by atoms with Crippen LogP contribution < -0.4 is 5.73 Å². The summed E-state index contributed by atoms with van der Waals surface area (Å²) in [6, 6.07) is 6.00. The first-order valence-electron chi connectivity index (χ1n) is 7.03. The van der Waals surface area contributed by atoms with Gasteiger partial charge in [-0.2, -0.15) is 0 Å². The lowest BCUT2D eigenvalue weighted by Crippen LogP contribution is -2.42. The van der Waals surface area contributed by atoms with Crippen LogP contribution in [0.5, 0.6) is 0 Å². The molecular weight excluding hydrogens is 295 g/mol. The van der Waals surface area contributed by atoms with Gasteiger partial charge in [-0.15, -0.1) is 0 Å². The minimum atomic E-state index is 0.199. The second-order valence-corrected chi connectivity index (χ2v) is 6.20. The number of nitrogens with two attached hydrogens (primary N) is 1. The Labute approximate surface area is 131 Å². The van der Waals surface area contributed by atoms with E-state index in [1.165, 1.54) is 12.8 Å². The van der Waals surface area contributed by atoms with Crippen LogP contribution in [0.25, 0.3) is 0 Å². The van der Waals surface area contributed by atoms with Gasteiger partial charge in [0.05, 0.1) is 16.7 Å². The van der Waals surface area contributed by atoms with Crippen LogP contribution in [0, 0.1) is 5.92 Å². The maximum absolute atomic E-state index is 6.12. The molecule has 1 saturated heterocycles. The molecule has 1 fully saturated rings. The predicted octanol–water partition coefficient (Wildman–Crippen LogP) is 3.35. The van der Waals surface area contributed by atoms with Gasteiger partial charge in [0, 0.05) is 26.2 Å². The summed E-state index contributed by atoms with van der Waals surface area (Å²) in [4.78, 5) is 2.44. The van der Waals surface area contributed by atoms with Crippen molar-refractivity contribution in [2.75, 3.05) is 33.4 Å². The number of piperidine rings is 1. The Bertz CT molecular complexity index is 440. The van der Waals surface area contributed by atoms with E-state index in [9.17, 15) is 0 Å². The van der Waals surface area contributed by atoms with Gasteiger partial charge in [-0.25, -0.2) is 0 Å². The van der Waals surface area contributed by atoms with Crippen molar-refractivity contribution in [3.05, 3.63) is 33.8 Å². The lowest BCUT2D eigenvalue weighted by molar-refractivity contribution is 0.0697. The first kappa shape index (κ1) is 16.1.